The van der Waals surface area contributed by atoms with Crippen molar-refractivity contribution < 1.29 is 22.7 Å². The van der Waals surface area contributed by atoms with Crippen LogP contribution in [0.5, 0.6) is 0 Å². The molecular formula is C17H20ClN3O5S. The normalized spacial score (nSPS) is 11.3. The van der Waals surface area contributed by atoms with Gasteiger partial charge in [0.05, 0.1) is 13.2 Å². The van der Waals surface area contributed by atoms with E-state index >= 15 is 0 Å². The van der Waals surface area contributed by atoms with Crippen molar-refractivity contribution in [2.45, 2.75) is 25.7 Å². The number of aryl methyl sites for hydroxylation is 2. The Morgan fingerprint density at radius 3 is 2.37 bits per heavy atom. The van der Waals surface area contributed by atoms with Gasteiger partial charge >= 0.3 is 5.97 Å². The van der Waals surface area contributed by atoms with E-state index < -0.39 is 28.4 Å². The smallest absolute Gasteiger partial charge is 0.341 e. The second-order valence-corrected chi connectivity index (χ2v) is 7.82. The van der Waals surface area contributed by atoms with Crippen LogP contribution in [0.2, 0.25) is 5.02 Å². The molecule has 0 aliphatic heterocycles. The van der Waals surface area contributed by atoms with Gasteiger partial charge in [0.25, 0.3) is 0 Å². The largest absolute Gasteiger partial charge is 0.462 e. The molecule has 0 aliphatic carbocycles. The average Bonchev–Trinajstić information content (AvgIpc) is 2.90. The van der Waals surface area contributed by atoms with Gasteiger partial charge in [-0.2, -0.15) is 0 Å². The van der Waals surface area contributed by atoms with Crippen molar-refractivity contribution in [2.24, 2.45) is 0 Å². The van der Waals surface area contributed by atoms with E-state index in [-0.39, 0.29) is 22.8 Å². The molecule has 3 N–H and O–H groups in total. The third-order valence-electron chi connectivity index (χ3n) is 3.62. The summed E-state index contributed by atoms with van der Waals surface area (Å²) in [5.41, 5.74) is 1.06. The van der Waals surface area contributed by atoms with E-state index in [1.165, 1.54) is 6.92 Å². The molecule has 27 heavy (non-hydrogen) atoms. The number of sulfonamides is 1. The lowest BCUT2D eigenvalue weighted by atomic mass is 10.2. The molecule has 0 aliphatic rings. The molecule has 1 amide bonds. The lowest BCUT2D eigenvalue weighted by molar-refractivity contribution is -0.115. The number of H-pyrrole nitrogens is 1. The maximum atomic E-state index is 12.7. The van der Waals surface area contributed by atoms with Gasteiger partial charge in [-0.1, -0.05) is 11.6 Å². The number of ether oxygens (including phenoxy) is 1. The standard InChI is InChI=1S/C17H20ClN3O5S/c1-4-26-17(23)15-10(2)20-11(3)16(15)27(24,25)19-9-14(22)21-13-7-5-12(18)6-8-13/h5-8,19-20H,4,9H2,1-3H3,(H,21,22). The molecule has 1 aromatic heterocycles. The molecule has 0 saturated carbocycles. The first-order chi connectivity index (χ1) is 12.7. The van der Waals surface area contributed by atoms with Crippen LogP contribution >= 0.6 is 11.6 Å². The fourth-order valence-corrected chi connectivity index (χ4v) is 4.07. The maximum Gasteiger partial charge on any atom is 0.341 e. The molecule has 2 aromatic rings. The van der Waals surface area contributed by atoms with Gasteiger partial charge in [-0.3, -0.25) is 4.79 Å². The van der Waals surface area contributed by atoms with Gasteiger partial charge in [0.15, 0.2) is 0 Å². The summed E-state index contributed by atoms with van der Waals surface area (Å²) in [7, 11) is -4.12. The van der Waals surface area contributed by atoms with Crippen molar-refractivity contribution in [3.05, 3.63) is 46.2 Å². The number of carbonyl (C=O) groups is 2. The number of aromatic amines is 1. The summed E-state index contributed by atoms with van der Waals surface area (Å²) in [6, 6.07) is 6.37. The molecule has 0 bridgehead atoms. The number of carbonyl (C=O) groups excluding carboxylic acids is 2. The number of rotatable bonds is 7. The van der Waals surface area contributed by atoms with Gasteiger partial charge < -0.3 is 15.0 Å². The van der Waals surface area contributed by atoms with Crippen molar-refractivity contribution in [3.8, 4) is 0 Å². The molecule has 0 unspecified atom stereocenters. The van der Waals surface area contributed by atoms with Crippen LogP contribution in [-0.2, 0) is 19.6 Å². The third kappa shape index (κ3) is 5.09. The minimum atomic E-state index is -4.12. The molecule has 1 aromatic carbocycles. The summed E-state index contributed by atoms with van der Waals surface area (Å²) in [4.78, 5) is 26.7. The van der Waals surface area contributed by atoms with E-state index in [0.717, 1.165) is 0 Å². The first kappa shape index (κ1) is 20.9. The molecule has 2 rings (SSSR count). The van der Waals surface area contributed by atoms with Crippen molar-refractivity contribution in [2.75, 3.05) is 18.5 Å². The Labute approximate surface area is 162 Å². The summed E-state index contributed by atoms with van der Waals surface area (Å²) in [6.45, 7) is 4.33. The number of halogens is 1. The first-order valence-electron chi connectivity index (χ1n) is 8.07. The topological polar surface area (TPSA) is 117 Å². The van der Waals surface area contributed by atoms with Crippen molar-refractivity contribution in [1.29, 1.82) is 0 Å². The van der Waals surface area contributed by atoms with Crippen molar-refractivity contribution >= 4 is 39.2 Å². The second kappa shape index (κ2) is 8.55. The second-order valence-electron chi connectivity index (χ2n) is 5.68. The summed E-state index contributed by atoms with van der Waals surface area (Å²) in [6.07, 6.45) is 0. The van der Waals surface area contributed by atoms with Gasteiger partial charge in [0.2, 0.25) is 15.9 Å². The van der Waals surface area contributed by atoms with Crippen molar-refractivity contribution in [1.82, 2.24) is 9.71 Å². The highest BCUT2D eigenvalue weighted by molar-refractivity contribution is 7.89. The molecule has 0 fully saturated rings. The molecule has 0 saturated heterocycles. The van der Waals surface area contributed by atoms with Gasteiger partial charge in [0, 0.05) is 22.1 Å². The zero-order valence-corrected chi connectivity index (χ0v) is 16.6. The first-order valence-corrected chi connectivity index (χ1v) is 9.93. The van der Waals surface area contributed by atoms with Crippen LogP contribution in [0.4, 0.5) is 5.69 Å². The van der Waals surface area contributed by atoms with Crippen LogP contribution in [0.3, 0.4) is 0 Å². The van der Waals surface area contributed by atoms with Crippen LogP contribution in [0.1, 0.15) is 28.7 Å². The van der Waals surface area contributed by atoms with Crippen LogP contribution in [0, 0.1) is 13.8 Å². The number of anilines is 1. The number of nitrogens with one attached hydrogen (secondary N) is 3. The van der Waals surface area contributed by atoms with Crippen LogP contribution in [0.15, 0.2) is 29.2 Å². The predicted molar refractivity (Wildman–Crippen MR) is 101 cm³/mol. The highest BCUT2D eigenvalue weighted by atomic mass is 35.5. The number of aromatic nitrogens is 1. The van der Waals surface area contributed by atoms with Crippen LogP contribution < -0.4 is 10.0 Å². The number of hydrogen-bond donors (Lipinski definition) is 3. The Morgan fingerprint density at radius 1 is 1.15 bits per heavy atom. The molecule has 146 valence electrons. The summed E-state index contributed by atoms with van der Waals surface area (Å²) >= 11 is 5.77. The molecule has 0 spiro atoms. The molecule has 8 nitrogen and oxygen atoms in total. The number of amides is 1. The highest BCUT2D eigenvalue weighted by Crippen LogP contribution is 2.24. The lowest BCUT2D eigenvalue weighted by Gasteiger charge is -2.10. The van der Waals surface area contributed by atoms with E-state index in [0.29, 0.717) is 16.4 Å². The molecule has 1 heterocycles. The SMILES string of the molecule is CCOC(=O)c1c(C)[nH]c(C)c1S(=O)(=O)NCC(=O)Nc1ccc(Cl)cc1. The average molecular weight is 414 g/mol. The number of hydrogen-bond acceptors (Lipinski definition) is 5. The van der Waals surface area contributed by atoms with Gasteiger partial charge in [-0.15, -0.1) is 0 Å². The van der Waals surface area contributed by atoms with Gasteiger partial charge in [-0.25, -0.2) is 17.9 Å². The van der Waals surface area contributed by atoms with Crippen molar-refractivity contribution in [3.63, 3.8) is 0 Å². The monoisotopic (exact) mass is 413 g/mol. The van der Waals surface area contributed by atoms with Gasteiger partial charge in [0.1, 0.15) is 10.5 Å². The number of benzene rings is 1. The Hall–Kier alpha value is -2.36. The maximum absolute atomic E-state index is 12.7. The lowest BCUT2D eigenvalue weighted by Crippen LogP contribution is -2.33. The van der Waals surface area contributed by atoms with Gasteiger partial charge in [-0.05, 0) is 45.0 Å². The van der Waals surface area contributed by atoms with E-state index in [2.05, 4.69) is 15.0 Å². The Bertz CT molecular complexity index is 952. The molecule has 0 radical (unpaired) electrons. The predicted octanol–water partition coefficient (Wildman–Crippen LogP) is 2.38. The summed E-state index contributed by atoms with van der Waals surface area (Å²) < 4.78 is 32.5. The van der Waals surface area contributed by atoms with E-state index in [4.69, 9.17) is 16.3 Å². The Balaban J connectivity index is 2.16. The fourth-order valence-electron chi connectivity index (χ4n) is 2.51. The highest BCUT2D eigenvalue weighted by Gasteiger charge is 2.30. The summed E-state index contributed by atoms with van der Waals surface area (Å²) in [5.74, 6) is -1.31. The zero-order chi connectivity index (χ0) is 20.2. The minimum absolute atomic E-state index is 0.0695. The molecule has 0 atom stereocenters. The van der Waals surface area contributed by atoms with Crippen LogP contribution in [-0.4, -0.2) is 38.4 Å². The van der Waals surface area contributed by atoms with Crippen LogP contribution in [0.25, 0.3) is 0 Å². The quantitative estimate of drug-likeness (QED) is 0.602. The molecule has 10 heteroatoms. The number of esters is 1. The Kier molecular flexibility index (Phi) is 6.63. The molecular weight excluding hydrogens is 394 g/mol. The van der Waals surface area contributed by atoms with E-state index in [1.807, 2.05) is 0 Å². The van der Waals surface area contributed by atoms with E-state index in [9.17, 15) is 18.0 Å². The zero-order valence-electron chi connectivity index (χ0n) is 15.1. The third-order valence-corrected chi connectivity index (χ3v) is 5.44. The minimum Gasteiger partial charge on any atom is -0.462 e. The Morgan fingerprint density at radius 2 is 1.78 bits per heavy atom. The van der Waals surface area contributed by atoms with E-state index in [1.54, 1.807) is 38.1 Å². The summed E-state index contributed by atoms with van der Waals surface area (Å²) in [5, 5.41) is 3.06. The fraction of sp³-hybridized carbons (Fsp3) is 0.294.